The number of halogens is 2. The van der Waals surface area contributed by atoms with E-state index in [0.717, 1.165) is 0 Å². The van der Waals surface area contributed by atoms with Gasteiger partial charge in [0.25, 0.3) is 0 Å². The molecule has 79 valence electrons. The van der Waals surface area contributed by atoms with E-state index in [1.165, 1.54) is 47.5 Å². The summed E-state index contributed by atoms with van der Waals surface area (Å²) in [5, 5.41) is 0. The summed E-state index contributed by atoms with van der Waals surface area (Å²) in [7, 11) is 0. The first-order valence-electron chi connectivity index (χ1n) is 4.45. The SMILES string of the molecule is CC1=CC(c2ccccc2)=[C]([Hf])C1.Cl.Cl. The number of hydrogen-bond acceptors (Lipinski definition) is 0. The molecule has 0 saturated heterocycles. The van der Waals surface area contributed by atoms with Crippen LogP contribution in [0.1, 0.15) is 18.9 Å². The van der Waals surface area contributed by atoms with Crippen molar-refractivity contribution >= 4 is 30.4 Å². The molecule has 15 heavy (non-hydrogen) atoms. The Hall–Kier alpha value is 0.150. The Labute approximate surface area is 118 Å². The molecule has 0 aromatic heterocycles. The van der Waals surface area contributed by atoms with Crippen LogP contribution in [0.2, 0.25) is 0 Å². The van der Waals surface area contributed by atoms with Gasteiger partial charge in [0.15, 0.2) is 0 Å². The Morgan fingerprint density at radius 3 is 2.13 bits per heavy atom. The van der Waals surface area contributed by atoms with Gasteiger partial charge in [-0.2, -0.15) is 0 Å². The van der Waals surface area contributed by atoms with Gasteiger partial charge in [-0.1, -0.05) is 0 Å². The van der Waals surface area contributed by atoms with Crippen LogP contribution in [-0.4, -0.2) is 0 Å². The normalized spacial score (nSPS) is 14.0. The van der Waals surface area contributed by atoms with Crippen LogP contribution >= 0.6 is 24.8 Å². The minimum Gasteiger partial charge on any atom is -0.147 e. The molecule has 3 heteroatoms. The molecule has 0 saturated carbocycles. The van der Waals surface area contributed by atoms with Crippen LogP contribution in [0.25, 0.3) is 5.57 Å². The van der Waals surface area contributed by atoms with Crippen molar-refractivity contribution in [1.29, 1.82) is 0 Å². The first kappa shape index (κ1) is 15.2. The molecule has 0 aliphatic heterocycles. The molecule has 1 aromatic carbocycles. The Morgan fingerprint density at radius 1 is 1.07 bits per heavy atom. The van der Waals surface area contributed by atoms with Gasteiger partial charge in [0.05, 0.1) is 0 Å². The molecular weight excluding hydrogens is 394 g/mol. The zero-order chi connectivity index (χ0) is 9.26. The largest absolute Gasteiger partial charge is 0.147 e. The minimum absolute atomic E-state index is 0. The predicted molar refractivity (Wildman–Crippen MR) is 66.2 cm³/mol. The van der Waals surface area contributed by atoms with Crippen molar-refractivity contribution < 1.29 is 24.4 Å². The zero-order valence-electron chi connectivity index (χ0n) is 8.49. The van der Waals surface area contributed by atoms with Crippen LogP contribution in [0.15, 0.2) is 45.3 Å². The summed E-state index contributed by atoms with van der Waals surface area (Å²) in [6.07, 6.45) is 3.54. The average Bonchev–Trinajstić information content (AvgIpc) is 2.47. The van der Waals surface area contributed by atoms with Crippen molar-refractivity contribution in [3.63, 3.8) is 0 Å². The molecular formula is C12H13Cl2Hf. The van der Waals surface area contributed by atoms with E-state index < -0.39 is 0 Å². The van der Waals surface area contributed by atoms with Crippen molar-refractivity contribution in [2.45, 2.75) is 13.3 Å². The third-order valence-electron chi connectivity index (χ3n) is 2.26. The van der Waals surface area contributed by atoms with Gasteiger partial charge in [0.2, 0.25) is 0 Å². The first-order chi connectivity index (χ1) is 6.27. The molecule has 0 bridgehead atoms. The second kappa shape index (κ2) is 6.67. The maximum Gasteiger partial charge on any atom is -0.147 e. The van der Waals surface area contributed by atoms with E-state index in [0.29, 0.717) is 0 Å². The van der Waals surface area contributed by atoms with E-state index in [4.69, 9.17) is 0 Å². The Balaban J connectivity index is 0.000000980. The van der Waals surface area contributed by atoms with E-state index in [9.17, 15) is 0 Å². The van der Waals surface area contributed by atoms with Crippen LogP contribution in [0.3, 0.4) is 0 Å². The van der Waals surface area contributed by atoms with Crippen LogP contribution in [0.4, 0.5) is 0 Å². The quantitative estimate of drug-likeness (QED) is 0.615. The van der Waals surface area contributed by atoms with Gasteiger partial charge in [-0.05, 0) is 0 Å². The third kappa shape index (κ3) is 3.58. The van der Waals surface area contributed by atoms with Gasteiger partial charge in [0.1, 0.15) is 0 Å². The minimum atomic E-state index is 0. The fourth-order valence-electron chi connectivity index (χ4n) is 1.63. The maximum absolute atomic E-state index is 2.33. The van der Waals surface area contributed by atoms with Crippen molar-refractivity contribution in [3.8, 4) is 0 Å². The van der Waals surface area contributed by atoms with Gasteiger partial charge in [-0.25, -0.2) is 0 Å². The molecule has 0 amide bonds. The molecule has 1 aliphatic carbocycles. The summed E-state index contributed by atoms with van der Waals surface area (Å²) < 4.78 is 1.63. The van der Waals surface area contributed by atoms with Crippen molar-refractivity contribution in [2.75, 3.05) is 0 Å². The molecule has 0 N–H and O–H groups in total. The molecule has 1 aromatic rings. The topological polar surface area (TPSA) is 0 Å². The first-order valence-corrected chi connectivity index (χ1v) is 6.24. The van der Waals surface area contributed by atoms with Crippen molar-refractivity contribution in [1.82, 2.24) is 0 Å². The van der Waals surface area contributed by atoms with E-state index in [-0.39, 0.29) is 24.8 Å². The van der Waals surface area contributed by atoms with E-state index >= 15 is 0 Å². The van der Waals surface area contributed by atoms with Gasteiger partial charge in [-0.15, -0.1) is 24.8 Å². The van der Waals surface area contributed by atoms with Crippen LogP contribution in [0, 0.1) is 0 Å². The van der Waals surface area contributed by atoms with Crippen molar-refractivity contribution in [2.24, 2.45) is 0 Å². The Bertz CT molecular complexity index is 380. The molecule has 2 rings (SSSR count). The summed E-state index contributed by atoms with van der Waals surface area (Å²) >= 11 is 1.19. The van der Waals surface area contributed by atoms with Crippen LogP contribution in [-0.2, 0) is 24.4 Å². The van der Waals surface area contributed by atoms with Gasteiger partial charge >= 0.3 is 94.2 Å². The van der Waals surface area contributed by atoms with E-state index in [2.05, 4.69) is 43.3 Å². The second-order valence-corrected chi connectivity index (χ2v) is 5.59. The Morgan fingerprint density at radius 2 is 1.67 bits per heavy atom. The monoisotopic (exact) mass is 407 g/mol. The van der Waals surface area contributed by atoms with Crippen LogP contribution in [0.5, 0.6) is 0 Å². The summed E-state index contributed by atoms with van der Waals surface area (Å²) in [4.78, 5) is 0. The summed E-state index contributed by atoms with van der Waals surface area (Å²) in [5.74, 6) is 0. The predicted octanol–water partition coefficient (Wildman–Crippen LogP) is 4.14. The molecule has 0 radical (unpaired) electrons. The Kier molecular flexibility index (Phi) is 6.74. The molecule has 0 nitrogen and oxygen atoms in total. The fraction of sp³-hybridized carbons (Fsp3) is 0.167. The summed E-state index contributed by atoms with van der Waals surface area (Å²) in [5.41, 5.74) is 4.36. The molecule has 0 atom stereocenters. The van der Waals surface area contributed by atoms with Crippen molar-refractivity contribution in [3.05, 3.63) is 50.9 Å². The van der Waals surface area contributed by atoms with Crippen LogP contribution < -0.4 is 0 Å². The van der Waals surface area contributed by atoms with Gasteiger partial charge in [-0.3, -0.25) is 0 Å². The number of benzene rings is 1. The molecule has 0 fully saturated rings. The number of allylic oxidation sites excluding steroid dienone is 4. The third-order valence-corrected chi connectivity index (χ3v) is 3.86. The van der Waals surface area contributed by atoms with Gasteiger partial charge < -0.3 is 0 Å². The molecule has 0 unspecified atom stereocenters. The van der Waals surface area contributed by atoms with E-state index in [1.54, 1.807) is 3.33 Å². The smallest absolute Gasteiger partial charge is 0.147 e. The fourth-order valence-corrected chi connectivity index (χ4v) is 3.41. The maximum atomic E-state index is 2.33. The summed E-state index contributed by atoms with van der Waals surface area (Å²) in [6, 6.07) is 10.7. The number of hydrogen-bond donors (Lipinski definition) is 0. The summed E-state index contributed by atoms with van der Waals surface area (Å²) in [6.45, 7) is 2.22. The average molecular weight is 407 g/mol. The molecule has 1 aliphatic rings. The second-order valence-electron chi connectivity index (χ2n) is 3.43. The zero-order valence-corrected chi connectivity index (χ0v) is 13.7. The molecule has 0 heterocycles. The number of rotatable bonds is 1. The van der Waals surface area contributed by atoms with E-state index in [1.807, 2.05) is 0 Å². The molecule has 0 spiro atoms. The van der Waals surface area contributed by atoms with Gasteiger partial charge in [0, 0.05) is 0 Å². The standard InChI is InChI=1S/C12H11.2ClH.Hf/c1-10-7-8-12(9-10)11-5-3-2-4-6-11;;;/h2-6,9H,7H2,1H3;2*1H;.